The summed E-state index contributed by atoms with van der Waals surface area (Å²) < 4.78 is 0. The summed E-state index contributed by atoms with van der Waals surface area (Å²) in [5.74, 6) is 3.02. The first-order valence-corrected chi connectivity index (χ1v) is 23.0. The molecule has 0 bridgehead atoms. The van der Waals surface area contributed by atoms with Crippen LogP contribution < -0.4 is 9.80 Å². The zero-order valence-corrected chi connectivity index (χ0v) is 41.6. The van der Waals surface area contributed by atoms with Crippen molar-refractivity contribution in [1.82, 2.24) is 19.8 Å². The van der Waals surface area contributed by atoms with E-state index in [0.29, 0.717) is 96.2 Å². The van der Waals surface area contributed by atoms with Gasteiger partial charge >= 0.3 is 0 Å². The van der Waals surface area contributed by atoms with Gasteiger partial charge < -0.3 is 29.3 Å². The van der Waals surface area contributed by atoms with Gasteiger partial charge in [0.1, 0.15) is 34.3 Å². The summed E-state index contributed by atoms with van der Waals surface area (Å²) in [5, 5.41) is 9.85. The van der Waals surface area contributed by atoms with E-state index in [-0.39, 0.29) is 62.1 Å². The lowest BCUT2D eigenvalue weighted by atomic mass is 9.67. The summed E-state index contributed by atoms with van der Waals surface area (Å²) in [6.45, 7) is 22.1. The van der Waals surface area contributed by atoms with Gasteiger partial charge in [0, 0.05) is 76.6 Å². The molecule has 2 aromatic heterocycles. The number of pyridine rings is 2. The average Bonchev–Trinajstić information content (AvgIpc) is 3.82. The fraction of sp³-hybridized carbons (Fsp3) is 0.696. The highest BCUT2D eigenvalue weighted by atomic mass is 35.5. The first kappa shape index (κ1) is 50.1. The van der Waals surface area contributed by atoms with E-state index < -0.39 is 0 Å². The Labute approximate surface area is 393 Å². The van der Waals surface area contributed by atoms with Crippen molar-refractivity contribution in [2.24, 2.45) is 33.0 Å². The fourth-order valence-corrected chi connectivity index (χ4v) is 10.8. The van der Waals surface area contributed by atoms with Gasteiger partial charge in [0.15, 0.2) is 0 Å². The van der Waals surface area contributed by atoms with E-state index in [9.17, 15) is 9.59 Å². The van der Waals surface area contributed by atoms with E-state index in [1.54, 1.807) is 12.4 Å². The molecule has 0 N–H and O–H groups in total. The highest BCUT2D eigenvalue weighted by Crippen LogP contribution is 2.47. The predicted molar refractivity (Wildman–Crippen MR) is 261 cm³/mol. The molecule has 4 fully saturated rings. The van der Waals surface area contributed by atoms with E-state index in [4.69, 9.17) is 32.9 Å². The van der Waals surface area contributed by atoms with Crippen molar-refractivity contribution in [3.63, 3.8) is 0 Å². The smallest absolute Gasteiger partial charge is 0.272 e. The number of hydrogen-bond acceptors (Lipinski definition) is 10. The summed E-state index contributed by atoms with van der Waals surface area (Å²) in [7, 11) is 0. The molecule has 6 aliphatic rings. The summed E-state index contributed by atoms with van der Waals surface area (Å²) >= 11 is 12.6. The first-order chi connectivity index (χ1) is 28.4. The minimum absolute atomic E-state index is 0. The van der Waals surface area contributed by atoms with Gasteiger partial charge in [-0.05, 0) is 112 Å². The van der Waals surface area contributed by atoms with Crippen LogP contribution in [0.5, 0.6) is 0 Å². The number of anilines is 2. The standard InChI is InChI=1S/2C23H33ClN4O2.2H2S/c2*1-16-15-27(20-18(24)6-5-11-25-20)12-13-28(16)21(29)19-14-23(30-26-19)9-7-17(8-10-23)22(2,3)4;;/h2*5-6,11,16-17H,7-10,12-15H2,1-4H3;2*1H2. The number of oxime groups is 2. The van der Waals surface area contributed by atoms with Crippen LogP contribution in [0.2, 0.25) is 10.0 Å². The molecule has 62 heavy (non-hydrogen) atoms. The molecule has 2 atom stereocenters. The van der Waals surface area contributed by atoms with E-state index in [2.05, 4.69) is 85.5 Å². The lowest BCUT2D eigenvalue weighted by Gasteiger charge is -2.41. The van der Waals surface area contributed by atoms with E-state index in [1.165, 1.54) is 0 Å². The lowest BCUT2D eigenvalue weighted by Crippen LogP contribution is -2.56. The molecular formula is C46H70Cl2N8O4S2. The van der Waals surface area contributed by atoms with Gasteiger partial charge in [-0.1, -0.05) is 75.1 Å². The molecule has 2 unspecified atom stereocenters. The zero-order valence-electron chi connectivity index (χ0n) is 38.1. The molecule has 2 spiro atoms. The maximum Gasteiger partial charge on any atom is 0.272 e. The Hall–Kier alpha value is -2.94. The second-order valence-corrected chi connectivity index (χ2v) is 21.3. The minimum atomic E-state index is -0.265. The van der Waals surface area contributed by atoms with Crippen molar-refractivity contribution in [3.05, 3.63) is 46.7 Å². The normalized spacial score (nSPS) is 28.7. The third kappa shape index (κ3) is 11.1. The number of aromatic nitrogens is 2. The van der Waals surface area contributed by atoms with Crippen molar-refractivity contribution in [2.75, 3.05) is 49.1 Å². The summed E-state index contributed by atoms with van der Waals surface area (Å²) in [4.78, 5) is 55.2. The van der Waals surface area contributed by atoms with Crippen LogP contribution >= 0.6 is 50.2 Å². The molecule has 8 rings (SSSR count). The van der Waals surface area contributed by atoms with Gasteiger partial charge in [0.2, 0.25) is 0 Å². The Kier molecular flexibility index (Phi) is 16.2. The molecule has 2 aliphatic carbocycles. The Morgan fingerprint density at radius 2 is 0.984 bits per heavy atom. The van der Waals surface area contributed by atoms with Crippen LogP contribution in [0.25, 0.3) is 0 Å². The summed E-state index contributed by atoms with van der Waals surface area (Å²) in [6.07, 6.45) is 13.3. The summed E-state index contributed by atoms with van der Waals surface area (Å²) in [6, 6.07) is 7.48. The molecule has 12 nitrogen and oxygen atoms in total. The van der Waals surface area contributed by atoms with Gasteiger partial charge in [0.05, 0.1) is 10.0 Å². The maximum atomic E-state index is 13.2. The largest absolute Gasteiger partial charge is 0.388 e. The van der Waals surface area contributed by atoms with Crippen LogP contribution in [0.15, 0.2) is 47.0 Å². The number of piperazine rings is 2. The van der Waals surface area contributed by atoms with Gasteiger partial charge in [0.25, 0.3) is 11.8 Å². The number of carbonyl (C=O) groups excluding carboxylic acids is 2. The SMILES string of the molecule is CC1CN(c2ncccc2Cl)CCN1C(=O)C1=NOC2(CCC(C(C)(C)C)CC2)C1.CC1CN(c2ncccc2Cl)CCN1C(=O)C1=NOC2(CCC(C(C)(C)C)CC2)C1.S.S. The third-order valence-electron chi connectivity index (χ3n) is 14.3. The molecule has 2 saturated carbocycles. The number of amides is 2. The Bertz CT molecular complexity index is 1800. The minimum Gasteiger partial charge on any atom is -0.388 e. The average molecular weight is 934 g/mol. The van der Waals surface area contributed by atoms with Crippen LogP contribution in [-0.4, -0.2) is 106 Å². The topological polar surface area (TPSA) is 116 Å². The van der Waals surface area contributed by atoms with Crippen LogP contribution in [0, 0.1) is 22.7 Å². The van der Waals surface area contributed by atoms with Crippen LogP contribution in [0.4, 0.5) is 11.6 Å². The lowest BCUT2D eigenvalue weighted by molar-refractivity contribution is -0.127. The van der Waals surface area contributed by atoms with Gasteiger partial charge in [-0.2, -0.15) is 27.0 Å². The molecule has 0 aromatic carbocycles. The molecule has 2 amide bonds. The Balaban J connectivity index is 0.000000227. The second-order valence-electron chi connectivity index (χ2n) is 20.5. The fourth-order valence-electron chi connectivity index (χ4n) is 10.3. The van der Waals surface area contributed by atoms with Crippen molar-refractivity contribution >= 4 is 85.1 Å². The van der Waals surface area contributed by atoms with E-state index in [0.717, 1.165) is 63.0 Å². The van der Waals surface area contributed by atoms with E-state index in [1.807, 2.05) is 34.1 Å². The number of hydrogen-bond donors (Lipinski definition) is 0. The molecule has 4 aliphatic heterocycles. The van der Waals surface area contributed by atoms with Crippen molar-refractivity contribution in [3.8, 4) is 0 Å². The third-order valence-corrected chi connectivity index (χ3v) is 14.9. The molecule has 344 valence electrons. The number of carbonyl (C=O) groups is 2. The number of rotatable bonds is 4. The van der Waals surface area contributed by atoms with E-state index >= 15 is 0 Å². The number of halogens is 2. The second kappa shape index (κ2) is 20.1. The first-order valence-electron chi connectivity index (χ1n) is 22.2. The van der Waals surface area contributed by atoms with Crippen LogP contribution in [0.1, 0.15) is 120 Å². The molecule has 2 saturated heterocycles. The molecular weight excluding hydrogens is 864 g/mol. The van der Waals surface area contributed by atoms with Crippen molar-refractivity contribution < 1.29 is 19.3 Å². The molecule has 16 heteroatoms. The molecule has 2 aromatic rings. The van der Waals surface area contributed by atoms with Crippen LogP contribution in [0.3, 0.4) is 0 Å². The van der Waals surface area contributed by atoms with Gasteiger partial charge in [-0.15, -0.1) is 0 Å². The quantitative estimate of drug-likeness (QED) is 0.298. The zero-order chi connectivity index (χ0) is 43.0. The number of nitrogens with zero attached hydrogens (tertiary/aromatic N) is 8. The highest BCUT2D eigenvalue weighted by Gasteiger charge is 2.48. The van der Waals surface area contributed by atoms with Crippen molar-refractivity contribution in [2.45, 2.75) is 143 Å². The Morgan fingerprint density at radius 1 is 0.629 bits per heavy atom. The predicted octanol–water partition coefficient (Wildman–Crippen LogP) is 9.27. The maximum absolute atomic E-state index is 13.2. The highest BCUT2D eigenvalue weighted by molar-refractivity contribution is 7.59. The Morgan fingerprint density at radius 3 is 1.29 bits per heavy atom. The molecule has 0 radical (unpaired) electrons. The van der Waals surface area contributed by atoms with Crippen LogP contribution in [-0.2, 0) is 19.3 Å². The summed E-state index contributed by atoms with van der Waals surface area (Å²) in [5.41, 5.74) is 1.29. The molecule has 6 heterocycles. The van der Waals surface area contributed by atoms with Crippen molar-refractivity contribution in [1.29, 1.82) is 0 Å². The van der Waals surface area contributed by atoms with Gasteiger partial charge in [-0.25, -0.2) is 9.97 Å². The van der Waals surface area contributed by atoms with Gasteiger partial charge in [-0.3, -0.25) is 9.59 Å². The monoisotopic (exact) mass is 932 g/mol.